The zero-order valence-corrected chi connectivity index (χ0v) is 14.4. The predicted octanol–water partition coefficient (Wildman–Crippen LogP) is 4.29. The molecule has 3 rings (SSSR count). The van der Waals surface area contributed by atoms with Crippen molar-refractivity contribution in [2.24, 2.45) is 0 Å². The molecule has 2 aromatic carbocycles. The molecule has 4 nitrogen and oxygen atoms in total. The van der Waals surface area contributed by atoms with E-state index in [0.29, 0.717) is 22.8 Å². The number of methoxy groups -OCH3 is 2. The molecule has 0 saturated heterocycles. The fourth-order valence-corrected chi connectivity index (χ4v) is 4.10. The van der Waals surface area contributed by atoms with Crippen LogP contribution < -0.4 is 9.47 Å². The Morgan fingerprint density at radius 3 is 2.65 bits per heavy atom. The zero-order chi connectivity index (χ0) is 16.2. The highest BCUT2D eigenvalue weighted by molar-refractivity contribution is 8.01. The van der Waals surface area contributed by atoms with Crippen molar-refractivity contribution in [1.82, 2.24) is 4.98 Å². The van der Waals surface area contributed by atoms with Crippen LogP contribution in [-0.2, 0) is 0 Å². The molecule has 0 bridgehead atoms. The Morgan fingerprint density at radius 1 is 1.13 bits per heavy atom. The van der Waals surface area contributed by atoms with E-state index in [1.54, 1.807) is 43.8 Å². The number of nitrogens with zero attached hydrogens (tertiary/aromatic N) is 1. The van der Waals surface area contributed by atoms with Crippen LogP contribution in [0.4, 0.5) is 0 Å². The van der Waals surface area contributed by atoms with E-state index in [9.17, 15) is 4.79 Å². The van der Waals surface area contributed by atoms with Gasteiger partial charge in [0, 0.05) is 5.56 Å². The average molecular weight is 345 g/mol. The van der Waals surface area contributed by atoms with E-state index in [-0.39, 0.29) is 5.78 Å². The molecule has 1 aromatic heterocycles. The summed E-state index contributed by atoms with van der Waals surface area (Å²) in [5.74, 6) is 1.55. The van der Waals surface area contributed by atoms with E-state index in [2.05, 4.69) is 4.98 Å². The Labute approximate surface area is 142 Å². The second-order valence-electron chi connectivity index (χ2n) is 4.73. The first kappa shape index (κ1) is 15.8. The molecule has 0 fully saturated rings. The molecule has 0 spiro atoms. The van der Waals surface area contributed by atoms with Crippen LogP contribution in [0.1, 0.15) is 10.4 Å². The molecule has 0 aliphatic heterocycles. The number of carbonyl (C=O) groups is 1. The number of fused-ring (bicyclic) bond motifs is 1. The van der Waals surface area contributed by atoms with Crippen LogP contribution in [0.2, 0.25) is 0 Å². The van der Waals surface area contributed by atoms with Gasteiger partial charge in [-0.2, -0.15) is 0 Å². The van der Waals surface area contributed by atoms with Crippen molar-refractivity contribution >= 4 is 39.1 Å². The number of hydrogen-bond donors (Lipinski definition) is 0. The van der Waals surface area contributed by atoms with Gasteiger partial charge >= 0.3 is 0 Å². The molecule has 0 radical (unpaired) electrons. The van der Waals surface area contributed by atoms with Gasteiger partial charge in [0.25, 0.3) is 0 Å². The summed E-state index contributed by atoms with van der Waals surface area (Å²) in [7, 11) is 3.13. The van der Waals surface area contributed by atoms with Gasteiger partial charge in [-0.25, -0.2) is 4.98 Å². The number of aromatic nitrogens is 1. The summed E-state index contributed by atoms with van der Waals surface area (Å²) in [6.45, 7) is 0. The number of carbonyl (C=O) groups excluding carboxylic acids is 1. The normalized spacial score (nSPS) is 10.7. The van der Waals surface area contributed by atoms with E-state index >= 15 is 0 Å². The molecule has 0 aliphatic carbocycles. The molecular formula is C17H15NO3S2. The molecule has 118 valence electrons. The van der Waals surface area contributed by atoms with Gasteiger partial charge in [-0.15, -0.1) is 11.3 Å². The number of para-hydroxylation sites is 1. The number of Topliss-reactive ketones (excluding diaryl/α,β-unsaturated/α-hetero) is 1. The lowest BCUT2D eigenvalue weighted by Gasteiger charge is -2.08. The van der Waals surface area contributed by atoms with Crippen molar-refractivity contribution in [1.29, 1.82) is 0 Å². The quantitative estimate of drug-likeness (QED) is 0.493. The number of ketones is 1. The van der Waals surface area contributed by atoms with Crippen LogP contribution in [0.15, 0.2) is 46.8 Å². The van der Waals surface area contributed by atoms with Crippen molar-refractivity contribution in [3.05, 3.63) is 48.0 Å². The van der Waals surface area contributed by atoms with Crippen molar-refractivity contribution in [2.45, 2.75) is 4.34 Å². The number of thioether (sulfide) groups is 1. The topological polar surface area (TPSA) is 48.4 Å². The highest BCUT2D eigenvalue weighted by Gasteiger charge is 2.12. The number of rotatable bonds is 6. The van der Waals surface area contributed by atoms with Gasteiger partial charge in [0.2, 0.25) is 0 Å². The standard InChI is InChI=1S/C17H15NO3S2/c1-20-14-8-7-11(9-15(14)21-2)13(19)10-22-17-18-12-5-3-4-6-16(12)23-17/h3-9H,10H2,1-2H3. The third-order valence-electron chi connectivity index (χ3n) is 3.31. The SMILES string of the molecule is COc1ccc(C(=O)CSc2nc3ccccc3s2)cc1OC. The lowest BCUT2D eigenvalue weighted by atomic mass is 10.1. The fourth-order valence-electron chi connectivity index (χ4n) is 2.13. The van der Waals surface area contributed by atoms with Crippen LogP contribution in [0.3, 0.4) is 0 Å². The summed E-state index contributed by atoms with van der Waals surface area (Å²) in [6, 6.07) is 13.2. The summed E-state index contributed by atoms with van der Waals surface area (Å²) in [6.07, 6.45) is 0. The maximum absolute atomic E-state index is 12.4. The van der Waals surface area contributed by atoms with Crippen LogP contribution >= 0.6 is 23.1 Å². The Kier molecular flexibility index (Phi) is 4.83. The molecule has 1 heterocycles. The molecule has 0 saturated carbocycles. The molecule has 6 heteroatoms. The summed E-state index contributed by atoms with van der Waals surface area (Å²) in [4.78, 5) is 16.9. The smallest absolute Gasteiger partial charge is 0.173 e. The Balaban J connectivity index is 1.71. The van der Waals surface area contributed by atoms with E-state index in [1.807, 2.05) is 24.3 Å². The lowest BCUT2D eigenvalue weighted by molar-refractivity contribution is 0.102. The second-order valence-corrected chi connectivity index (χ2v) is 6.98. The maximum atomic E-state index is 12.4. The number of thiazole rings is 1. The van der Waals surface area contributed by atoms with Gasteiger partial charge in [-0.05, 0) is 30.3 Å². The molecular weight excluding hydrogens is 330 g/mol. The largest absolute Gasteiger partial charge is 0.493 e. The summed E-state index contributed by atoms with van der Waals surface area (Å²) < 4.78 is 12.5. The number of hydrogen-bond acceptors (Lipinski definition) is 6. The monoisotopic (exact) mass is 345 g/mol. The van der Waals surface area contributed by atoms with Crippen molar-refractivity contribution in [3.63, 3.8) is 0 Å². The van der Waals surface area contributed by atoms with Gasteiger partial charge in [-0.1, -0.05) is 23.9 Å². The van der Waals surface area contributed by atoms with Crippen LogP contribution in [-0.4, -0.2) is 30.7 Å². The summed E-state index contributed by atoms with van der Waals surface area (Å²) in [5.41, 5.74) is 1.58. The molecule has 0 N–H and O–H groups in total. The molecule has 0 aliphatic rings. The van der Waals surface area contributed by atoms with E-state index in [1.165, 1.54) is 11.8 Å². The summed E-state index contributed by atoms with van der Waals surface area (Å²) in [5, 5.41) is 0. The Bertz CT molecular complexity index is 812. The first-order valence-corrected chi connectivity index (χ1v) is 8.75. The van der Waals surface area contributed by atoms with Gasteiger partial charge in [-0.3, -0.25) is 4.79 Å². The van der Waals surface area contributed by atoms with E-state index in [4.69, 9.17) is 9.47 Å². The fraction of sp³-hybridized carbons (Fsp3) is 0.176. The third-order valence-corrected chi connectivity index (χ3v) is 5.49. The minimum atomic E-state index is 0.0372. The average Bonchev–Trinajstić information content (AvgIpc) is 3.01. The lowest BCUT2D eigenvalue weighted by Crippen LogP contribution is -2.03. The first-order chi connectivity index (χ1) is 11.2. The minimum absolute atomic E-state index is 0.0372. The van der Waals surface area contributed by atoms with Gasteiger partial charge in [0.15, 0.2) is 21.6 Å². The van der Waals surface area contributed by atoms with Crippen LogP contribution in [0.25, 0.3) is 10.2 Å². The highest BCUT2D eigenvalue weighted by Crippen LogP contribution is 2.31. The van der Waals surface area contributed by atoms with E-state index in [0.717, 1.165) is 14.6 Å². The predicted molar refractivity (Wildman–Crippen MR) is 94.2 cm³/mol. The number of benzene rings is 2. The van der Waals surface area contributed by atoms with Crippen LogP contribution in [0.5, 0.6) is 11.5 Å². The minimum Gasteiger partial charge on any atom is -0.493 e. The van der Waals surface area contributed by atoms with Gasteiger partial charge in [0.05, 0.1) is 30.2 Å². The number of ether oxygens (including phenoxy) is 2. The molecule has 0 amide bonds. The molecule has 3 aromatic rings. The van der Waals surface area contributed by atoms with Gasteiger partial charge < -0.3 is 9.47 Å². The molecule has 23 heavy (non-hydrogen) atoms. The highest BCUT2D eigenvalue weighted by atomic mass is 32.2. The first-order valence-electron chi connectivity index (χ1n) is 6.95. The zero-order valence-electron chi connectivity index (χ0n) is 12.7. The Morgan fingerprint density at radius 2 is 1.91 bits per heavy atom. The molecule has 0 atom stereocenters. The van der Waals surface area contributed by atoms with Crippen molar-refractivity contribution in [3.8, 4) is 11.5 Å². The Hall–Kier alpha value is -2.05. The van der Waals surface area contributed by atoms with Crippen molar-refractivity contribution in [2.75, 3.05) is 20.0 Å². The summed E-state index contributed by atoms with van der Waals surface area (Å²) >= 11 is 3.06. The second kappa shape index (κ2) is 7.02. The van der Waals surface area contributed by atoms with Gasteiger partial charge in [0.1, 0.15) is 0 Å². The maximum Gasteiger partial charge on any atom is 0.173 e. The van der Waals surface area contributed by atoms with Crippen LogP contribution in [0, 0.1) is 0 Å². The third kappa shape index (κ3) is 3.48. The van der Waals surface area contributed by atoms with E-state index < -0.39 is 0 Å². The molecule has 0 unspecified atom stereocenters. The van der Waals surface area contributed by atoms with Crippen molar-refractivity contribution < 1.29 is 14.3 Å².